The van der Waals surface area contributed by atoms with Gasteiger partial charge in [0.25, 0.3) is 5.91 Å². The summed E-state index contributed by atoms with van der Waals surface area (Å²) in [6, 6.07) is 9.80. The van der Waals surface area contributed by atoms with E-state index in [9.17, 15) is 14.7 Å². The summed E-state index contributed by atoms with van der Waals surface area (Å²) in [5.41, 5.74) is 2.46. The summed E-state index contributed by atoms with van der Waals surface area (Å²) < 4.78 is 6.99. The fourth-order valence-electron chi connectivity index (χ4n) is 4.22. The number of ether oxygens (including phenoxy) is 1. The number of fused-ring (bicyclic) bond motifs is 1. The van der Waals surface area contributed by atoms with Crippen LogP contribution in [0.15, 0.2) is 30.3 Å². The van der Waals surface area contributed by atoms with Crippen LogP contribution in [0.1, 0.15) is 34.6 Å². The van der Waals surface area contributed by atoms with E-state index >= 15 is 0 Å². The van der Waals surface area contributed by atoms with Crippen molar-refractivity contribution in [2.24, 2.45) is 5.41 Å². The molecule has 1 aromatic heterocycles. The second-order valence-corrected chi connectivity index (χ2v) is 7.37. The van der Waals surface area contributed by atoms with Gasteiger partial charge in [0.05, 0.1) is 12.3 Å². The van der Waals surface area contributed by atoms with Gasteiger partial charge >= 0.3 is 5.97 Å². The van der Waals surface area contributed by atoms with Gasteiger partial charge in [-0.15, -0.1) is 0 Å². The normalized spacial score (nSPS) is 21.4. The van der Waals surface area contributed by atoms with Gasteiger partial charge in [-0.25, -0.2) is 4.68 Å². The van der Waals surface area contributed by atoms with Gasteiger partial charge in [-0.2, -0.15) is 5.10 Å². The molecule has 1 aromatic carbocycles. The lowest BCUT2D eigenvalue weighted by molar-refractivity contribution is -0.151. The molecule has 1 fully saturated rings. The van der Waals surface area contributed by atoms with Gasteiger partial charge in [0.15, 0.2) is 5.69 Å². The van der Waals surface area contributed by atoms with Gasteiger partial charge in [0.2, 0.25) is 0 Å². The first kappa shape index (κ1) is 17.7. The summed E-state index contributed by atoms with van der Waals surface area (Å²) in [4.78, 5) is 26.6. The number of hydrogen-bond donors (Lipinski definition) is 1. The number of aliphatic carboxylic acids is 1. The Bertz CT molecular complexity index is 877. The molecule has 7 nitrogen and oxygen atoms in total. The van der Waals surface area contributed by atoms with Crippen LogP contribution in [-0.4, -0.2) is 58.5 Å². The van der Waals surface area contributed by atoms with Crippen LogP contribution >= 0.6 is 0 Å². The fraction of sp³-hybridized carbons (Fsp3) is 0.450. The number of carbonyl (C=O) groups excluding carboxylic acids is 1. The van der Waals surface area contributed by atoms with E-state index in [-0.39, 0.29) is 19.1 Å². The summed E-state index contributed by atoms with van der Waals surface area (Å²) in [6.07, 6.45) is 3.12. The minimum atomic E-state index is -1.03. The van der Waals surface area contributed by atoms with E-state index in [4.69, 9.17) is 4.74 Å². The molecule has 7 heteroatoms. The molecule has 0 bridgehead atoms. The van der Waals surface area contributed by atoms with Gasteiger partial charge < -0.3 is 14.7 Å². The Kier molecular flexibility index (Phi) is 4.47. The highest BCUT2D eigenvalue weighted by molar-refractivity contribution is 5.95. The highest BCUT2D eigenvalue weighted by atomic mass is 16.5. The molecule has 1 amide bonds. The summed E-state index contributed by atoms with van der Waals surface area (Å²) >= 11 is 0. The maximum absolute atomic E-state index is 13.2. The molecular weight excluding hydrogens is 346 g/mol. The van der Waals surface area contributed by atoms with Gasteiger partial charge in [-0.1, -0.05) is 18.2 Å². The molecular formula is C20H23N3O4. The maximum Gasteiger partial charge on any atom is 0.313 e. The first-order valence-electron chi connectivity index (χ1n) is 9.23. The molecule has 0 saturated carbocycles. The highest BCUT2D eigenvalue weighted by Crippen LogP contribution is 2.34. The number of likely N-dealkylation sites (tertiary alicyclic amines) is 1. The zero-order chi connectivity index (χ0) is 19.0. The van der Waals surface area contributed by atoms with E-state index in [1.165, 1.54) is 7.11 Å². The lowest BCUT2D eigenvalue weighted by Crippen LogP contribution is -2.40. The summed E-state index contributed by atoms with van der Waals surface area (Å²) in [5.74, 6) is -1.10. The number of benzene rings is 1. The van der Waals surface area contributed by atoms with Crippen molar-refractivity contribution in [1.29, 1.82) is 0 Å². The Hall–Kier alpha value is -2.67. The number of carboxylic acid groups (broad SMARTS) is 1. The van der Waals surface area contributed by atoms with Crippen molar-refractivity contribution >= 4 is 11.9 Å². The van der Waals surface area contributed by atoms with E-state index in [1.807, 2.05) is 35.0 Å². The van der Waals surface area contributed by atoms with E-state index < -0.39 is 11.4 Å². The average Bonchev–Trinajstić information content (AvgIpc) is 3.37. The van der Waals surface area contributed by atoms with Gasteiger partial charge in [0, 0.05) is 31.5 Å². The molecule has 1 aliphatic heterocycles. The average molecular weight is 369 g/mol. The fourth-order valence-corrected chi connectivity index (χ4v) is 4.22. The SMILES string of the molecule is COCC1(C(=O)O)CCN(C(=O)c2nn(-c3ccccc3)c3c2CCC3)C1. The molecule has 1 unspecified atom stereocenters. The molecule has 4 rings (SSSR count). The Morgan fingerprint density at radius 3 is 2.74 bits per heavy atom. The number of amides is 1. The number of hydrogen-bond acceptors (Lipinski definition) is 4. The monoisotopic (exact) mass is 369 g/mol. The van der Waals surface area contributed by atoms with E-state index in [1.54, 1.807) is 4.90 Å². The highest BCUT2D eigenvalue weighted by Gasteiger charge is 2.47. The Balaban J connectivity index is 1.65. The Morgan fingerprint density at radius 1 is 1.26 bits per heavy atom. The van der Waals surface area contributed by atoms with Crippen LogP contribution in [0.5, 0.6) is 0 Å². The number of carbonyl (C=O) groups is 2. The molecule has 1 saturated heterocycles. The van der Waals surface area contributed by atoms with Gasteiger partial charge in [0.1, 0.15) is 5.41 Å². The van der Waals surface area contributed by atoms with Gasteiger partial charge in [-0.05, 0) is 37.8 Å². The van der Waals surface area contributed by atoms with Crippen LogP contribution in [0.3, 0.4) is 0 Å². The molecule has 1 N–H and O–H groups in total. The number of aromatic nitrogens is 2. The van der Waals surface area contributed by atoms with E-state index in [0.29, 0.717) is 18.7 Å². The topological polar surface area (TPSA) is 84.7 Å². The first-order chi connectivity index (χ1) is 13.1. The smallest absolute Gasteiger partial charge is 0.313 e. The summed E-state index contributed by atoms with van der Waals surface area (Å²) in [5, 5.41) is 14.3. The molecule has 2 aliphatic rings. The van der Waals surface area contributed by atoms with Crippen molar-refractivity contribution in [3.63, 3.8) is 0 Å². The minimum Gasteiger partial charge on any atom is -0.481 e. The summed E-state index contributed by atoms with van der Waals surface area (Å²) in [6.45, 7) is 0.659. The number of rotatable bonds is 5. The molecule has 2 heterocycles. The van der Waals surface area contributed by atoms with Crippen molar-refractivity contribution in [2.75, 3.05) is 26.8 Å². The third-order valence-electron chi connectivity index (χ3n) is 5.65. The van der Waals surface area contributed by atoms with E-state index in [2.05, 4.69) is 5.10 Å². The standard InChI is InChI=1S/C20H23N3O4/c1-27-13-20(19(25)26)10-11-22(12-20)18(24)17-15-8-5-9-16(15)23(21-17)14-6-3-2-4-7-14/h2-4,6-7H,5,8-13H2,1H3,(H,25,26). The zero-order valence-electron chi connectivity index (χ0n) is 15.4. The molecule has 142 valence electrons. The molecule has 0 spiro atoms. The third kappa shape index (κ3) is 2.92. The van der Waals surface area contributed by atoms with Crippen molar-refractivity contribution in [1.82, 2.24) is 14.7 Å². The van der Waals surface area contributed by atoms with Crippen molar-refractivity contribution in [3.8, 4) is 5.69 Å². The van der Waals surface area contributed by atoms with Crippen LogP contribution in [0.25, 0.3) is 5.69 Å². The van der Waals surface area contributed by atoms with Crippen LogP contribution in [0, 0.1) is 5.41 Å². The number of nitrogens with zero attached hydrogens (tertiary/aromatic N) is 3. The van der Waals surface area contributed by atoms with Crippen molar-refractivity contribution < 1.29 is 19.4 Å². The maximum atomic E-state index is 13.2. The predicted molar refractivity (Wildman–Crippen MR) is 98.1 cm³/mol. The summed E-state index contributed by atoms with van der Waals surface area (Å²) in [7, 11) is 1.49. The largest absolute Gasteiger partial charge is 0.481 e. The van der Waals surface area contributed by atoms with Gasteiger partial charge in [-0.3, -0.25) is 9.59 Å². The third-order valence-corrected chi connectivity index (χ3v) is 5.65. The predicted octanol–water partition coefficient (Wildman–Crippen LogP) is 1.92. The lowest BCUT2D eigenvalue weighted by Gasteiger charge is -2.23. The lowest BCUT2D eigenvalue weighted by atomic mass is 9.88. The molecule has 1 aliphatic carbocycles. The molecule has 0 radical (unpaired) electrons. The van der Waals surface area contributed by atoms with Crippen LogP contribution in [0.4, 0.5) is 0 Å². The zero-order valence-corrected chi connectivity index (χ0v) is 15.4. The van der Waals surface area contributed by atoms with Crippen LogP contribution < -0.4 is 0 Å². The second kappa shape index (κ2) is 6.81. The van der Waals surface area contributed by atoms with Crippen LogP contribution in [-0.2, 0) is 22.4 Å². The van der Waals surface area contributed by atoms with Crippen molar-refractivity contribution in [3.05, 3.63) is 47.3 Å². The Labute approximate surface area is 157 Å². The molecule has 1 atom stereocenters. The molecule has 2 aromatic rings. The van der Waals surface area contributed by atoms with E-state index in [0.717, 1.165) is 36.2 Å². The number of carboxylic acids is 1. The minimum absolute atomic E-state index is 0.0999. The van der Waals surface area contributed by atoms with Crippen LogP contribution in [0.2, 0.25) is 0 Å². The second-order valence-electron chi connectivity index (χ2n) is 7.37. The Morgan fingerprint density at radius 2 is 2.04 bits per heavy atom. The quantitative estimate of drug-likeness (QED) is 0.870. The number of methoxy groups -OCH3 is 1. The number of para-hydroxylation sites is 1. The first-order valence-corrected chi connectivity index (χ1v) is 9.23. The molecule has 27 heavy (non-hydrogen) atoms. The van der Waals surface area contributed by atoms with Crippen molar-refractivity contribution in [2.45, 2.75) is 25.7 Å².